The highest BCUT2D eigenvalue weighted by atomic mass is 16.5. The molecule has 1 aliphatic heterocycles. The molecule has 1 aliphatic rings. The van der Waals surface area contributed by atoms with Crippen LogP contribution in [0.15, 0.2) is 48.5 Å². The molecule has 0 spiro atoms. The van der Waals surface area contributed by atoms with Crippen LogP contribution in [-0.4, -0.2) is 39.2 Å². The van der Waals surface area contributed by atoms with Gasteiger partial charge in [-0.3, -0.25) is 14.9 Å². The number of ether oxygens (including phenoxy) is 1. The molecule has 2 amide bonds. The lowest BCUT2D eigenvalue weighted by molar-refractivity contribution is -0.123. The van der Waals surface area contributed by atoms with Gasteiger partial charge in [0.1, 0.15) is 6.04 Å². The fourth-order valence-corrected chi connectivity index (χ4v) is 3.40. The number of nitrogens with zero attached hydrogens (tertiary/aromatic N) is 3. The summed E-state index contributed by atoms with van der Waals surface area (Å²) >= 11 is 0. The van der Waals surface area contributed by atoms with Crippen molar-refractivity contribution in [1.29, 1.82) is 0 Å². The molecule has 9 nitrogen and oxygen atoms in total. The van der Waals surface area contributed by atoms with E-state index in [1.165, 1.54) is 4.68 Å². The summed E-state index contributed by atoms with van der Waals surface area (Å²) in [6.45, 7) is 4.40. The number of nitrogens with one attached hydrogen (secondary N) is 2. The Labute approximate surface area is 191 Å². The highest BCUT2D eigenvalue weighted by Gasteiger charge is 2.35. The first-order chi connectivity index (χ1) is 15.9. The average Bonchev–Trinajstić information content (AvgIpc) is 3.33. The molecular formula is C24H25N5O4. The molecule has 2 N–H and O–H groups in total. The van der Waals surface area contributed by atoms with Crippen LogP contribution in [0.5, 0.6) is 0 Å². The maximum Gasteiger partial charge on any atom is 0.338 e. The van der Waals surface area contributed by atoms with E-state index in [4.69, 9.17) is 4.74 Å². The predicted molar refractivity (Wildman–Crippen MR) is 123 cm³/mol. The molecule has 3 aromatic rings. The smallest absolute Gasteiger partial charge is 0.338 e. The summed E-state index contributed by atoms with van der Waals surface area (Å²) in [5.41, 5.74) is 2.88. The van der Waals surface area contributed by atoms with Gasteiger partial charge < -0.3 is 10.1 Å². The Kier molecular flexibility index (Phi) is 6.48. The van der Waals surface area contributed by atoms with Gasteiger partial charge in [0.2, 0.25) is 11.9 Å². The zero-order chi connectivity index (χ0) is 23.4. The van der Waals surface area contributed by atoms with Crippen LogP contribution in [0.4, 0.5) is 11.6 Å². The second-order valence-electron chi connectivity index (χ2n) is 7.89. The van der Waals surface area contributed by atoms with E-state index in [0.717, 1.165) is 24.0 Å². The van der Waals surface area contributed by atoms with Crippen LogP contribution < -0.4 is 10.6 Å². The third-order valence-corrected chi connectivity index (χ3v) is 5.29. The zero-order valence-corrected chi connectivity index (χ0v) is 18.5. The quantitative estimate of drug-likeness (QED) is 0.402. The Morgan fingerprint density at radius 3 is 2.55 bits per heavy atom. The van der Waals surface area contributed by atoms with Crippen molar-refractivity contribution in [3.05, 3.63) is 59.7 Å². The van der Waals surface area contributed by atoms with E-state index in [0.29, 0.717) is 29.6 Å². The first-order valence-corrected chi connectivity index (χ1v) is 10.9. The van der Waals surface area contributed by atoms with Gasteiger partial charge in [-0.15, -0.1) is 5.10 Å². The number of amides is 2. The number of anilines is 2. The van der Waals surface area contributed by atoms with E-state index in [2.05, 4.69) is 20.7 Å². The first-order valence-electron chi connectivity index (χ1n) is 10.9. The Morgan fingerprint density at radius 2 is 1.85 bits per heavy atom. The SMILES string of the molecule is CCCCOC(=O)c1ccc(NC(=O)C[C@H]2C(=O)Nc3nc(-c4ccc(C)cc4)nn32)cc1. The third kappa shape index (κ3) is 5.08. The topological polar surface area (TPSA) is 115 Å². The van der Waals surface area contributed by atoms with Crippen molar-refractivity contribution in [1.82, 2.24) is 14.8 Å². The second kappa shape index (κ2) is 9.64. The molecule has 2 aromatic carbocycles. The molecule has 170 valence electrons. The number of rotatable bonds is 8. The van der Waals surface area contributed by atoms with Crippen molar-refractivity contribution >= 4 is 29.4 Å². The highest BCUT2D eigenvalue weighted by Crippen LogP contribution is 2.28. The van der Waals surface area contributed by atoms with Gasteiger partial charge in [0.05, 0.1) is 18.6 Å². The fraction of sp³-hybridized carbons (Fsp3) is 0.292. The molecule has 2 heterocycles. The van der Waals surface area contributed by atoms with E-state index in [1.54, 1.807) is 24.3 Å². The first kappa shape index (κ1) is 22.2. The summed E-state index contributed by atoms with van der Waals surface area (Å²) in [5, 5.41) is 9.86. The number of hydrogen-bond acceptors (Lipinski definition) is 6. The number of fused-ring (bicyclic) bond motifs is 1. The molecule has 4 rings (SSSR count). The summed E-state index contributed by atoms with van der Waals surface area (Å²) in [5.74, 6) is -0.280. The molecule has 0 saturated heterocycles. The minimum atomic E-state index is -0.792. The Balaban J connectivity index is 1.39. The molecule has 0 radical (unpaired) electrons. The molecule has 0 aliphatic carbocycles. The largest absolute Gasteiger partial charge is 0.462 e. The zero-order valence-electron chi connectivity index (χ0n) is 18.5. The van der Waals surface area contributed by atoms with Crippen molar-refractivity contribution in [2.24, 2.45) is 0 Å². The summed E-state index contributed by atoms with van der Waals surface area (Å²) < 4.78 is 6.63. The van der Waals surface area contributed by atoms with Gasteiger partial charge >= 0.3 is 5.97 Å². The lowest BCUT2D eigenvalue weighted by Crippen LogP contribution is -2.23. The summed E-state index contributed by atoms with van der Waals surface area (Å²) in [4.78, 5) is 41.3. The van der Waals surface area contributed by atoms with E-state index in [1.807, 2.05) is 38.1 Å². The standard InChI is InChI=1S/C24H25N5O4/c1-3-4-13-33-23(32)17-9-11-18(12-10-17)25-20(30)14-19-22(31)27-24-26-21(28-29(19)24)16-7-5-15(2)6-8-16/h5-12,19H,3-4,13-14H2,1-2H3,(H,25,30)(H,26,27,28,31)/t19-/m0/s1. The molecule has 0 unspecified atom stereocenters. The summed E-state index contributed by atoms with van der Waals surface area (Å²) in [6.07, 6.45) is 1.66. The monoisotopic (exact) mass is 447 g/mol. The predicted octanol–water partition coefficient (Wildman–Crippen LogP) is 3.73. The number of esters is 1. The van der Waals surface area contributed by atoms with Crippen LogP contribution in [0.25, 0.3) is 11.4 Å². The highest BCUT2D eigenvalue weighted by molar-refractivity contribution is 6.01. The molecule has 1 aromatic heterocycles. The third-order valence-electron chi connectivity index (χ3n) is 5.29. The molecule has 0 saturated carbocycles. The van der Waals surface area contributed by atoms with E-state index >= 15 is 0 Å². The maximum absolute atomic E-state index is 12.6. The van der Waals surface area contributed by atoms with Gasteiger partial charge in [-0.2, -0.15) is 4.98 Å². The van der Waals surface area contributed by atoms with Crippen LogP contribution in [-0.2, 0) is 14.3 Å². The number of unbranched alkanes of at least 4 members (excludes halogenated alkanes) is 1. The number of aromatic nitrogens is 3. The number of carbonyl (C=O) groups excluding carboxylic acids is 3. The van der Waals surface area contributed by atoms with Gasteiger partial charge in [-0.1, -0.05) is 43.2 Å². The molecule has 0 fully saturated rings. The van der Waals surface area contributed by atoms with Gasteiger partial charge in [0.25, 0.3) is 5.91 Å². The normalized spacial score (nSPS) is 14.5. The lowest BCUT2D eigenvalue weighted by atomic mass is 10.1. The maximum atomic E-state index is 12.6. The van der Waals surface area contributed by atoms with Crippen LogP contribution in [0, 0.1) is 6.92 Å². The van der Waals surface area contributed by atoms with Crippen molar-refractivity contribution in [3.63, 3.8) is 0 Å². The summed E-state index contributed by atoms with van der Waals surface area (Å²) in [6, 6.07) is 13.4. The van der Waals surface area contributed by atoms with Crippen molar-refractivity contribution < 1.29 is 19.1 Å². The van der Waals surface area contributed by atoms with Crippen LogP contribution >= 0.6 is 0 Å². The number of carbonyl (C=O) groups is 3. The van der Waals surface area contributed by atoms with Crippen molar-refractivity contribution in [2.45, 2.75) is 39.2 Å². The van der Waals surface area contributed by atoms with Crippen LogP contribution in [0.3, 0.4) is 0 Å². The number of hydrogen-bond donors (Lipinski definition) is 2. The summed E-state index contributed by atoms with van der Waals surface area (Å²) in [7, 11) is 0. The van der Waals surface area contributed by atoms with E-state index in [-0.39, 0.29) is 18.2 Å². The van der Waals surface area contributed by atoms with Crippen molar-refractivity contribution in [2.75, 3.05) is 17.2 Å². The number of benzene rings is 2. The fourth-order valence-electron chi connectivity index (χ4n) is 3.40. The molecule has 33 heavy (non-hydrogen) atoms. The molecule has 9 heteroatoms. The molecule has 0 bridgehead atoms. The van der Waals surface area contributed by atoms with E-state index < -0.39 is 12.0 Å². The van der Waals surface area contributed by atoms with Crippen LogP contribution in [0.1, 0.15) is 48.1 Å². The number of aryl methyl sites for hydroxylation is 1. The lowest BCUT2D eigenvalue weighted by Gasteiger charge is -2.10. The minimum absolute atomic E-state index is 0.101. The molecular weight excluding hydrogens is 422 g/mol. The van der Waals surface area contributed by atoms with Gasteiger partial charge in [0.15, 0.2) is 5.82 Å². The Bertz CT molecular complexity index is 1170. The van der Waals surface area contributed by atoms with E-state index in [9.17, 15) is 14.4 Å². The Morgan fingerprint density at radius 1 is 1.12 bits per heavy atom. The average molecular weight is 447 g/mol. The van der Waals surface area contributed by atoms with Gasteiger partial charge in [-0.25, -0.2) is 9.48 Å². The molecule has 1 atom stereocenters. The van der Waals surface area contributed by atoms with Gasteiger partial charge in [0, 0.05) is 11.3 Å². The van der Waals surface area contributed by atoms with Gasteiger partial charge in [-0.05, 0) is 37.6 Å². The Hall–Kier alpha value is -4.01. The van der Waals surface area contributed by atoms with Crippen molar-refractivity contribution in [3.8, 4) is 11.4 Å². The second-order valence-corrected chi connectivity index (χ2v) is 7.89. The van der Waals surface area contributed by atoms with Crippen LogP contribution in [0.2, 0.25) is 0 Å². The minimum Gasteiger partial charge on any atom is -0.462 e.